The average Bonchev–Trinajstić information content (AvgIpc) is 3.16. The number of para-hydroxylation sites is 1. The van der Waals surface area contributed by atoms with Gasteiger partial charge in [-0.3, -0.25) is 4.98 Å². The predicted octanol–water partition coefficient (Wildman–Crippen LogP) is 2.43. The summed E-state index contributed by atoms with van der Waals surface area (Å²) in [6.45, 7) is 3.94. The van der Waals surface area contributed by atoms with Gasteiger partial charge in [0.1, 0.15) is 5.82 Å². The quantitative estimate of drug-likeness (QED) is 0.771. The summed E-state index contributed by atoms with van der Waals surface area (Å²) < 4.78 is 0. The minimum absolute atomic E-state index is 0.413. The van der Waals surface area contributed by atoms with E-state index in [0.717, 1.165) is 55.4 Å². The van der Waals surface area contributed by atoms with E-state index in [1.54, 1.807) is 0 Å². The van der Waals surface area contributed by atoms with Gasteiger partial charge in [0.25, 0.3) is 0 Å². The maximum Gasteiger partial charge on any atom is 0.150 e. The van der Waals surface area contributed by atoms with Crippen molar-refractivity contribution < 1.29 is 0 Å². The van der Waals surface area contributed by atoms with Crippen LogP contribution in [0.5, 0.6) is 0 Å². The number of anilines is 2. The van der Waals surface area contributed by atoms with E-state index in [-0.39, 0.29) is 0 Å². The van der Waals surface area contributed by atoms with Gasteiger partial charge in [-0.15, -0.1) is 0 Å². The highest BCUT2D eigenvalue weighted by Gasteiger charge is 2.34. The van der Waals surface area contributed by atoms with Crippen LogP contribution in [0.15, 0.2) is 48.8 Å². The van der Waals surface area contributed by atoms with Crippen molar-refractivity contribution in [3.8, 4) is 0 Å². The third kappa shape index (κ3) is 3.00. The van der Waals surface area contributed by atoms with Crippen LogP contribution < -0.4 is 15.1 Å². The highest BCUT2D eigenvalue weighted by atomic mass is 15.3. The van der Waals surface area contributed by atoms with Gasteiger partial charge in [-0.05, 0) is 31.7 Å². The molecule has 3 aromatic rings. The maximum atomic E-state index is 4.82. The summed E-state index contributed by atoms with van der Waals surface area (Å²) in [5, 5.41) is 4.56. The lowest BCUT2D eigenvalue weighted by Crippen LogP contribution is -2.46. The van der Waals surface area contributed by atoms with Crippen LogP contribution in [0.2, 0.25) is 0 Å². The van der Waals surface area contributed by atoms with Crippen LogP contribution in [-0.2, 0) is 0 Å². The standard InChI is InChI=1S/C21H24N6/c1-22-17-8-11-26(14-17)21-20(23-9-10-24-21)16-12-27(13-16)19-7-6-15-4-2-3-5-18(15)25-19/h2-7,9-10,16-17,22H,8,11-14H2,1H3. The zero-order chi connectivity index (χ0) is 18.2. The molecular formula is C21H24N6. The second kappa shape index (κ2) is 6.78. The lowest BCUT2D eigenvalue weighted by atomic mass is 9.95. The Kier molecular flexibility index (Phi) is 4.13. The first-order valence-electron chi connectivity index (χ1n) is 9.65. The molecule has 5 rings (SSSR count). The maximum absolute atomic E-state index is 4.82. The first-order valence-corrected chi connectivity index (χ1v) is 9.65. The van der Waals surface area contributed by atoms with Crippen LogP contribution in [0.1, 0.15) is 18.0 Å². The van der Waals surface area contributed by atoms with E-state index in [9.17, 15) is 0 Å². The van der Waals surface area contributed by atoms with Crippen LogP contribution >= 0.6 is 0 Å². The lowest BCUT2D eigenvalue weighted by Gasteiger charge is -2.40. The topological polar surface area (TPSA) is 57.2 Å². The third-order valence-corrected chi connectivity index (χ3v) is 5.78. The Morgan fingerprint density at radius 1 is 0.963 bits per heavy atom. The third-order valence-electron chi connectivity index (χ3n) is 5.78. The van der Waals surface area contributed by atoms with E-state index in [4.69, 9.17) is 9.97 Å². The zero-order valence-corrected chi connectivity index (χ0v) is 15.5. The first kappa shape index (κ1) is 16.4. The zero-order valence-electron chi connectivity index (χ0n) is 15.5. The molecule has 2 aliphatic rings. The van der Waals surface area contributed by atoms with E-state index < -0.39 is 0 Å². The van der Waals surface area contributed by atoms with Gasteiger partial charge in [0.05, 0.1) is 11.2 Å². The van der Waals surface area contributed by atoms with E-state index in [1.165, 1.54) is 5.39 Å². The van der Waals surface area contributed by atoms with Gasteiger partial charge in [-0.25, -0.2) is 9.97 Å². The van der Waals surface area contributed by atoms with Crippen LogP contribution in [0, 0.1) is 0 Å². The van der Waals surface area contributed by atoms with Gasteiger partial charge >= 0.3 is 0 Å². The monoisotopic (exact) mass is 360 g/mol. The molecule has 2 aromatic heterocycles. The molecule has 4 heterocycles. The summed E-state index contributed by atoms with van der Waals surface area (Å²) >= 11 is 0. The van der Waals surface area contributed by atoms with E-state index in [1.807, 2.05) is 25.5 Å². The molecular weight excluding hydrogens is 336 g/mol. The summed E-state index contributed by atoms with van der Waals surface area (Å²) in [6.07, 6.45) is 4.79. The molecule has 0 aliphatic carbocycles. The normalized spacial score (nSPS) is 20.3. The summed E-state index contributed by atoms with van der Waals surface area (Å²) in [7, 11) is 2.03. The highest BCUT2D eigenvalue weighted by molar-refractivity contribution is 5.80. The number of nitrogens with one attached hydrogen (secondary N) is 1. The fraction of sp³-hybridized carbons (Fsp3) is 0.381. The van der Waals surface area contributed by atoms with Gasteiger partial charge < -0.3 is 15.1 Å². The summed E-state index contributed by atoms with van der Waals surface area (Å²) in [4.78, 5) is 18.9. The number of likely N-dealkylation sites (N-methyl/N-ethyl adjacent to an activating group) is 1. The van der Waals surface area contributed by atoms with Gasteiger partial charge in [-0.2, -0.15) is 0 Å². The molecule has 138 valence electrons. The van der Waals surface area contributed by atoms with Crippen molar-refractivity contribution in [1.82, 2.24) is 20.3 Å². The molecule has 0 amide bonds. The summed E-state index contributed by atoms with van der Waals surface area (Å²) in [6, 6.07) is 13.1. The number of benzene rings is 1. The Bertz CT molecular complexity index is 952. The van der Waals surface area contributed by atoms with Crippen molar-refractivity contribution >= 4 is 22.5 Å². The molecule has 0 radical (unpaired) electrons. The van der Waals surface area contributed by atoms with Crippen molar-refractivity contribution in [2.45, 2.75) is 18.4 Å². The Hall–Kier alpha value is -2.73. The summed E-state index contributed by atoms with van der Waals surface area (Å²) in [5.41, 5.74) is 2.18. The molecule has 0 bridgehead atoms. The molecule has 1 atom stereocenters. The van der Waals surface area contributed by atoms with E-state index in [0.29, 0.717) is 12.0 Å². The molecule has 1 unspecified atom stereocenters. The summed E-state index contributed by atoms with van der Waals surface area (Å²) in [5.74, 6) is 2.52. The fourth-order valence-corrected chi connectivity index (χ4v) is 4.13. The van der Waals surface area contributed by atoms with E-state index in [2.05, 4.69) is 50.4 Å². The number of hydrogen-bond acceptors (Lipinski definition) is 6. The predicted molar refractivity (Wildman–Crippen MR) is 108 cm³/mol. The van der Waals surface area contributed by atoms with Crippen molar-refractivity contribution in [3.63, 3.8) is 0 Å². The van der Waals surface area contributed by atoms with Crippen LogP contribution in [-0.4, -0.2) is 54.2 Å². The Morgan fingerprint density at radius 3 is 2.67 bits per heavy atom. The van der Waals surface area contributed by atoms with Gasteiger partial charge in [0.2, 0.25) is 0 Å². The Balaban J connectivity index is 1.33. The largest absolute Gasteiger partial charge is 0.355 e. The van der Waals surface area contributed by atoms with Crippen molar-refractivity contribution in [3.05, 3.63) is 54.5 Å². The smallest absolute Gasteiger partial charge is 0.150 e. The van der Waals surface area contributed by atoms with Crippen molar-refractivity contribution in [2.75, 3.05) is 43.0 Å². The Labute approximate surface area is 159 Å². The SMILES string of the molecule is CNC1CCN(c2nccnc2C2CN(c3ccc4ccccc4n3)C2)C1. The number of fused-ring (bicyclic) bond motifs is 1. The molecule has 0 saturated carbocycles. The molecule has 1 N–H and O–H groups in total. The molecule has 2 fully saturated rings. The number of rotatable bonds is 4. The number of hydrogen-bond donors (Lipinski definition) is 1. The Morgan fingerprint density at radius 2 is 1.81 bits per heavy atom. The van der Waals surface area contributed by atoms with Gasteiger partial charge in [-0.1, -0.05) is 18.2 Å². The minimum atomic E-state index is 0.413. The molecule has 6 nitrogen and oxygen atoms in total. The highest BCUT2D eigenvalue weighted by Crippen LogP contribution is 2.35. The molecule has 6 heteroatoms. The lowest BCUT2D eigenvalue weighted by molar-refractivity contribution is 0.507. The number of nitrogens with zero attached hydrogens (tertiary/aromatic N) is 5. The van der Waals surface area contributed by atoms with E-state index >= 15 is 0 Å². The van der Waals surface area contributed by atoms with Crippen LogP contribution in [0.4, 0.5) is 11.6 Å². The first-order chi connectivity index (χ1) is 13.3. The minimum Gasteiger partial charge on any atom is -0.355 e. The second-order valence-electron chi connectivity index (χ2n) is 7.45. The molecule has 2 saturated heterocycles. The molecule has 27 heavy (non-hydrogen) atoms. The van der Waals surface area contributed by atoms with Crippen LogP contribution in [0.3, 0.4) is 0 Å². The van der Waals surface area contributed by atoms with Crippen molar-refractivity contribution in [1.29, 1.82) is 0 Å². The van der Waals surface area contributed by atoms with Crippen LogP contribution in [0.25, 0.3) is 10.9 Å². The molecule has 0 spiro atoms. The second-order valence-corrected chi connectivity index (χ2v) is 7.45. The van der Waals surface area contributed by atoms with Crippen molar-refractivity contribution in [2.24, 2.45) is 0 Å². The molecule has 2 aliphatic heterocycles. The number of pyridine rings is 1. The van der Waals surface area contributed by atoms with Gasteiger partial charge in [0.15, 0.2) is 5.82 Å². The molecule has 1 aromatic carbocycles. The van der Waals surface area contributed by atoms with Gasteiger partial charge in [0, 0.05) is 55.9 Å². The fourth-order valence-electron chi connectivity index (χ4n) is 4.13. The average molecular weight is 360 g/mol. The number of aromatic nitrogens is 3.